The zero-order valence-corrected chi connectivity index (χ0v) is 24.0. The van der Waals surface area contributed by atoms with E-state index in [1.165, 1.54) is 36.8 Å². The van der Waals surface area contributed by atoms with Crippen molar-refractivity contribution in [2.75, 3.05) is 38.8 Å². The molecule has 2 aromatic carbocycles. The van der Waals surface area contributed by atoms with Crippen LogP contribution in [0.2, 0.25) is 5.02 Å². The fraction of sp³-hybridized carbons (Fsp3) is 0.481. The number of carbonyl (C=O) groups excluding carboxylic acids is 2. The molecule has 5 nitrogen and oxygen atoms in total. The third-order valence-corrected chi connectivity index (χ3v) is 10.1. The maximum Gasteiger partial charge on any atom is 0.319 e. The van der Waals surface area contributed by atoms with Crippen LogP contribution in [0.25, 0.3) is 0 Å². The van der Waals surface area contributed by atoms with Gasteiger partial charge in [-0.25, -0.2) is 0 Å². The second-order valence-corrected chi connectivity index (χ2v) is 13.0. The first-order valence-corrected chi connectivity index (χ1v) is 15.9. The quantitative estimate of drug-likeness (QED) is 0.110. The molecular weight excluding hydrogens is 534 g/mol. The first-order chi connectivity index (χ1) is 17.5. The number of ether oxygens (including phenoxy) is 2. The van der Waals surface area contributed by atoms with Gasteiger partial charge in [0.05, 0.1) is 18.7 Å². The third kappa shape index (κ3) is 9.77. The Morgan fingerprint density at radius 2 is 1.89 bits per heavy atom. The summed E-state index contributed by atoms with van der Waals surface area (Å²) in [5.41, 5.74) is 0.924. The van der Waals surface area contributed by atoms with Crippen LogP contribution in [0.3, 0.4) is 0 Å². The Morgan fingerprint density at radius 3 is 2.58 bits per heavy atom. The van der Waals surface area contributed by atoms with Gasteiger partial charge in [-0.2, -0.15) is 0 Å². The van der Waals surface area contributed by atoms with Gasteiger partial charge in [0.2, 0.25) is 5.91 Å². The minimum absolute atomic E-state index is 0.153. The smallest absolute Gasteiger partial charge is 0.319 e. The summed E-state index contributed by atoms with van der Waals surface area (Å²) in [6, 6.07) is 15.3. The summed E-state index contributed by atoms with van der Waals surface area (Å²) in [6.07, 6.45) is 4.35. The number of amides is 1. The lowest BCUT2D eigenvalue weighted by Crippen LogP contribution is -2.30. The number of carbonyl (C=O) groups is 2. The number of esters is 1. The molecule has 1 fully saturated rings. The van der Waals surface area contributed by atoms with Gasteiger partial charge in [0.1, 0.15) is 17.6 Å². The molecule has 0 saturated carbocycles. The number of hydrogen-bond acceptors (Lipinski definition) is 7. The Bertz CT molecular complexity index is 973. The van der Waals surface area contributed by atoms with Crippen molar-refractivity contribution in [3.8, 4) is 5.75 Å². The number of halogens is 1. The van der Waals surface area contributed by atoms with E-state index in [0.717, 1.165) is 29.2 Å². The Hall–Kier alpha value is -1.48. The van der Waals surface area contributed by atoms with Crippen molar-refractivity contribution in [1.82, 2.24) is 4.90 Å². The summed E-state index contributed by atoms with van der Waals surface area (Å²) in [4.78, 5) is 27.5. The standard InChI is InChI=1S/C27H34ClNO4S3/c1-29(26(30)11-7-6-8-21-18-34-35-19-21)14-15-33-24-13-12-20(16-23(24)28)17-25(27(31)32-2)36-22-9-4-3-5-10-22/h3-5,9-10,12-13,16,21,25H,6-8,11,14-15,17-19H2,1-2H3. The first-order valence-electron chi connectivity index (χ1n) is 12.2. The third-order valence-electron chi connectivity index (χ3n) is 5.96. The van der Waals surface area contributed by atoms with Crippen LogP contribution in [0.4, 0.5) is 0 Å². The predicted molar refractivity (Wildman–Crippen MR) is 153 cm³/mol. The van der Waals surface area contributed by atoms with Crippen molar-refractivity contribution in [1.29, 1.82) is 0 Å². The van der Waals surface area contributed by atoms with Gasteiger partial charge in [-0.3, -0.25) is 9.59 Å². The van der Waals surface area contributed by atoms with Gasteiger partial charge in [0.25, 0.3) is 0 Å². The highest BCUT2D eigenvalue weighted by Gasteiger charge is 2.22. The Kier molecular flexibility index (Phi) is 12.7. The van der Waals surface area contributed by atoms with E-state index in [0.29, 0.717) is 36.8 Å². The summed E-state index contributed by atoms with van der Waals surface area (Å²) in [5.74, 6) is 3.75. The van der Waals surface area contributed by atoms with Gasteiger partial charge in [0, 0.05) is 29.9 Å². The van der Waals surface area contributed by atoms with E-state index < -0.39 is 0 Å². The molecule has 1 aliphatic heterocycles. The van der Waals surface area contributed by atoms with Crippen LogP contribution in [0.5, 0.6) is 5.75 Å². The summed E-state index contributed by atoms with van der Waals surface area (Å²) in [7, 11) is 7.15. The van der Waals surface area contributed by atoms with Crippen LogP contribution in [-0.2, 0) is 20.7 Å². The topological polar surface area (TPSA) is 55.8 Å². The molecule has 1 aliphatic rings. The van der Waals surface area contributed by atoms with Gasteiger partial charge < -0.3 is 14.4 Å². The van der Waals surface area contributed by atoms with Crippen LogP contribution in [0, 0.1) is 5.92 Å². The Balaban J connectivity index is 1.42. The number of benzene rings is 2. The van der Waals surface area contributed by atoms with Gasteiger partial charge in [0.15, 0.2) is 0 Å². The van der Waals surface area contributed by atoms with Crippen LogP contribution in [0.1, 0.15) is 31.2 Å². The lowest BCUT2D eigenvalue weighted by molar-refractivity contribution is -0.140. The van der Waals surface area contributed by atoms with Crippen molar-refractivity contribution in [2.45, 2.75) is 42.2 Å². The van der Waals surface area contributed by atoms with E-state index in [1.807, 2.05) is 77.2 Å². The lowest BCUT2D eigenvalue weighted by atomic mass is 10.0. The average Bonchev–Trinajstić information content (AvgIpc) is 3.41. The van der Waals surface area contributed by atoms with Crippen molar-refractivity contribution >= 4 is 56.8 Å². The number of rotatable bonds is 14. The average molecular weight is 568 g/mol. The second-order valence-electron chi connectivity index (χ2n) is 8.76. The van der Waals surface area contributed by atoms with Crippen LogP contribution >= 0.6 is 45.0 Å². The number of thioether (sulfide) groups is 1. The molecule has 3 rings (SSSR count). The minimum Gasteiger partial charge on any atom is -0.490 e. The van der Waals surface area contributed by atoms with Gasteiger partial charge in [-0.1, -0.05) is 63.9 Å². The largest absolute Gasteiger partial charge is 0.490 e. The lowest BCUT2D eigenvalue weighted by Gasteiger charge is -2.18. The zero-order chi connectivity index (χ0) is 25.8. The maximum absolute atomic E-state index is 12.4. The maximum atomic E-state index is 12.4. The molecular formula is C27H34ClNO4S3. The molecule has 0 radical (unpaired) electrons. The first kappa shape index (κ1) is 29.1. The summed E-state index contributed by atoms with van der Waals surface area (Å²) >= 11 is 7.94. The Morgan fingerprint density at radius 1 is 1.14 bits per heavy atom. The molecule has 1 unspecified atom stereocenters. The molecule has 0 spiro atoms. The summed E-state index contributed by atoms with van der Waals surface area (Å²) in [6.45, 7) is 0.872. The highest BCUT2D eigenvalue weighted by molar-refractivity contribution is 8.77. The fourth-order valence-electron chi connectivity index (χ4n) is 3.79. The highest BCUT2D eigenvalue weighted by Crippen LogP contribution is 2.37. The SMILES string of the molecule is COC(=O)C(Cc1ccc(OCCN(C)C(=O)CCCCC2CSSC2)c(Cl)c1)Sc1ccccc1. The van der Waals surface area contributed by atoms with E-state index in [9.17, 15) is 9.59 Å². The molecule has 0 aliphatic carbocycles. The number of likely N-dealkylation sites (N-methyl/N-ethyl adjacent to an activating group) is 1. The molecule has 1 heterocycles. The van der Waals surface area contributed by atoms with E-state index in [-0.39, 0.29) is 17.1 Å². The molecule has 0 aromatic heterocycles. The monoisotopic (exact) mass is 567 g/mol. The molecule has 2 aromatic rings. The molecule has 0 bridgehead atoms. The van der Waals surface area contributed by atoms with Crippen molar-refractivity contribution in [3.63, 3.8) is 0 Å². The normalized spacial score (nSPS) is 14.4. The Labute approximate surface area is 231 Å². The summed E-state index contributed by atoms with van der Waals surface area (Å²) in [5, 5.41) is 0.105. The molecule has 0 N–H and O–H groups in total. The minimum atomic E-state index is -0.379. The molecule has 196 valence electrons. The highest BCUT2D eigenvalue weighted by atomic mass is 35.5. The molecule has 1 amide bonds. The van der Waals surface area contributed by atoms with Crippen LogP contribution in [0.15, 0.2) is 53.4 Å². The fourth-order valence-corrected chi connectivity index (χ4v) is 8.19. The molecule has 1 saturated heterocycles. The van der Waals surface area contributed by atoms with Gasteiger partial charge in [-0.15, -0.1) is 11.8 Å². The van der Waals surface area contributed by atoms with Crippen molar-refractivity contribution < 1.29 is 19.1 Å². The van der Waals surface area contributed by atoms with Crippen LogP contribution in [-0.4, -0.2) is 60.8 Å². The number of methoxy groups -OCH3 is 1. The van der Waals surface area contributed by atoms with E-state index >= 15 is 0 Å². The van der Waals surface area contributed by atoms with E-state index in [2.05, 4.69) is 0 Å². The zero-order valence-electron chi connectivity index (χ0n) is 20.8. The number of nitrogens with zero attached hydrogens (tertiary/aromatic N) is 1. The van der Waals surface area contributed by atoms with Crippen molar-refractivity contribution in [2.24, 2.45) is 5.92 Å². The predicted octanol–water partition coefficient (Wildman–Crippen LogP) is 6.63. The number of hydrogen-bond donors (Lipinski definition) is 0. The van der Waals surface area contributed by atoms with E-state index in [1.54, 1.807) is 4.90 Å². The van der Waals surface area contributed by atoms with Crippen molar-refractivity contribution in [3.05, 3.63) is 59.1 Å². The van der Waals surface area contributed by atoms with Gasteiger partial charge in [-0.05, 0) is 55.0 Å². The van der Waals surface area contributed by atoms with Crippen LogP contribution < -0.4 is 4.74 Å². The number of unbranched alkanes of at least 4 members (excludes halogenated alkanes) is 1. The molecule has 9 heteroatoms. The second kappa shape index (κ2) is 15.7. The molecule has 36 heavy (non-hydrogen) atoms. The summed E-state index contributed by atoms with van der Waals surface area (Å²) < 4.78 is 10.9. The van der Waals surface area contributed by atoms with E-state index in [4.69, 9.17) is 21.1 Å². The molecule has 1 atom stereocenters. The van der Waals surface area contributed by atoms with Gasteiger partial charge >= 0.3 is 5.97 Å².